The lowest BCUT2D eigenvalue weighted by Crippen LogP contribution is -2.25. The smallest absolute Gasteiger partial charge is 0.257 e. The zero-order chi connectivity index (χ0) is 20.2. The maximum absolute atomic E-state index is 12.3. The van der Waals surface area contributed by atoms with Crippen molar-refractivity contribution in [3.8, 4) is 0 Å². The van der Waals surface area contributed by atoms with E-state index in [0.29, 0.717) is 27.6 Å². The van der Waals surface area contributed by atoms with E-state index in [4.69, 9.17) is 11.1 Å². The lowest BCUT2D eigenvalue weighted by molar-refractivity contribution is 0.102. The lowest BCUT2D eigenvalue weighted by Gasteiger charge is -2.17. The largest absolute Gasteiger partial charge is 0.383 e. The molecule has 0 radical (unpaired) electrons. The highest BCUT2D eigenvalue weighted by Gasteiger charge is 2.21. The molecule has 1 fully saturated rings. The Balaban J connectivity index is 1.54. The van der Waals surface area contributed by atoms with Gasteiger partial charge < -0.3 is 16.4 Å². The molecule has 9 nitrogen and oxygen atoms in total. The number of anilines is 3. The first-order valence-electron chi connectivity index (χ1n) is 9.10. The van der Waals surface area contributed by atoms with E-state index in [0.717, 1.165) is 19.5 Å². The van der Waals surface area contributed by atoms with Crippen LogP contribution in [0.5, 0.6) is 0 Å². The van der Waals surface area contributed by atoms with Crippen LogP contribution < -0.4 is 21.7 Å². The van der Waals surface area contributed by atoms with Crippen LogP contribution in [0.2, 0.25) is 0 Å². The summed E-state index contributed by atoms with van der Waals surface area (Å²) in [5.41, 5.74) is 7.82. The summed E-state index contributed by atoms with van der Waals surface area (Å²) < 4.78 is 0. The van der Waals surface area contributed by atoms with E-state index in [1.165, 1.54) is 17.7 Å². The number of carbonyl (C=O) groups excluding carboxylic acids is 1. The number of carbonyl (C=O) groups is 1. The first kappa shape index (κ1) is 19.0. The molecule has 6 N–H and O–H groups in total. The quantitative estimate of drug-likeness (QED) is 0.392. The lowest BCUT2D eigenvalue weighted by atomic mass is 10.0. The van der Waals surface area contributed by atoms with Crippen molar-refractivity contribution in [2.24, 2.45) is 0 Å². The summed E-state index contributed by atoms with van der Waals surface area (Å²) in [7, 11) is 0. The molecule has 0 saturated carbocycles. The predicted molar refractivity (Wildman–Crippen MR) is 114 cm³/mol. The van der Waals surface area contributed by atoms with Gasteiger partial charge in [-0.25, -0.2) is 15.0 Å². The third kappa shape index (κ3) is 4.23. The molecule has 4 rings (SSSR count). The van der Waals surface area contributed by atoms with Crippen LogP contribution in [0.4, 0.5) is 16.8 Å². The van der Waals surface area contributed by atoms with Gasteiger partial charge in [0.05, 0.1) is 11.3 Å². The third-order valence-electron chi connectivity index (χ3n) is 4.62. The Labute approximate surface area is 171 Å². The molecule has 0 spiro atoms. The number of aromatic nitrogens is 3. The summed E-state index contributed by atoms with van der Waals surface area (Å²) >= 11 is 1.35. The van der Waals surface area contributed by atoms with Gasteiger partial charge in [-0.15, -0.1) is 11.3 Å². The Hall–Kier alpha value is -3.37. The number of nitrogens with one attached hydrogen (secondary N) is 4. The first-order chi connectivity index (χ1) is 14.1. The van der Waals surface area contributed by atoms with Crippen molar-refractivity contribution in [1.29, 1.82) is 5.41 Å². The molecular formula is C19H20N8OS. The fraction of sp³-hybridized carbons (Fsp3) is 0.211. The average molecular weight is 408 g/mol. The van der Waals surface area contributed by atoms with Gasteiger partial charge >= 0.3 is 0 Å². The zero-order valence-corrected chi connectivity index (χ0v) is 16.3. The van der Waals surface area contributed by atoms with Crippen molar-refractivity contribution in [2.75, 3.05) is 29.5 Å². The van der Waals surface area contributed by atoms with Gasteiger partial charge in [0.2, 0.25) is 0 Å². The molecule has 3 heterocycles. The summed E-state index contributed by atoms with van der Waals surface area (Å²) in [5.74, 6) is 0.530. The van der Waals surface area contributed by atoms with E-state index in [1.54, 1.807) is 35.8 Å². The van der Waals surface area contributed by atoms with Gasteiger partial charge in [-0.3, -0.25) is 15.5 Å². The molecule has 0 unspecified atom stereocenters. The molecule has 1 aromatic carbocycles. The summed E-state index contributed by atoms with van der Waals surface area (Å²) in [4.78, 5) is 24.7. The SMILES string of the molecule is N=C(c1ccc(C(=O)Nc2nccs2)cc1)c1c(N)ncnc1N[C@@H]1CCNC1. The van der Waals surface area contributed by atoms with Gasteiger partial charge in [0.1, 0.15) is 18.0 Å². The predicted octanol–water partition coefficient (Wildman–Crippen LogP) is 1.96. The fourth-order valence-corrected chi connectivity index (χ4v) is 3.64. The maximum Gasteiger partial charge on any atom is 0.257 e. The van der Waals surface area contributed by atoms with E-state index >= 15 is 0 Å². The first-order valence-corrected chi connectivity index (χ1v) is 9.97. The van der Waals surface area contributed by atoms with Crippen molar-refractivity contribution in [2.45, 2.75) is 12.5 Å². The highest BCUT2D eigenvalue weighted by molar-refractivity contribution is 7.13. The molecule has 0 bridgehead atoms. The molecule has 1 aliphatic heterocycles. The molecule has 1 saturated heterocycles. The minimum Gasteiger partial charge on any atom is -0.383 e. The van der Waals surface area contributed by atoms with Gasteiger partial charge in [0.25, 0.3) is 5.91 Å². The van der Waals surface area contributed by atoms with Crippen LogP contribution >= 0.6 is 11.3 Å². The number of nitrogen functional groups attached to an aromatic ring is 1. The number of hydrogen-bond donors (Lipinski definition) is 5. The van der Waals surface area contributed by atoms with Crippen LogP contribution in [0.1, 0.15) is 27.9 Å². The second-order valence-corrected chi connectivity index (χ2v) is 7.45. The molecule has 3 aromatic rings. The van der Waals surface area contributed by atoms with Crippen LogP contribution in [0.25, 0.3) is 0 Å². The molecule has 148 valence electrons. The number of amides is 1. The number of thiazole rings is 1. The number of nitrogens with two attached hydrogens (primary N) is 1. The number of hydrogen-bond acceptors (Lipinski definition) is 9. The Morgan fingerprint density at radius 2 is 2.00 bits per heavy atom. The molecule has 1 aliphatic rings. The van der Waals surface area contributed by atoms with Crippen LogP contribution in [-0.4, -0.2) is 45.7 Å². The number of rotatable bonds is 6. The van der Waals surface area contributed by atoms with Crippen LogP contribution in [0, 0.1) is 5.41 Å². The Morgan fingerprint density at radius 1 is 1.21 bits per heavy atom. The fourth-order valence-electron chi connectivity index (χ4n) is 3.11. The average Bonchev–Trinajstić information content (AvgIpc) is 3.42. The summed E-state index contributed by atoms with van der Waals surface area (Å²) in [6, 6.07) is 6.99. The van der Waals surface area contributed by atoms with Crippen LogP contribution in [0.15, 0.2) is 42.2 Å². The number of nitrogens with zero attached hydrogens (tertiary/aromatic N) is 3. The molecule has 2 aromatic heterocycles. The topological polar surface area (TPSA) is 142 Å². The molecule has 29 heavy (non-hydrogen) atoms. The van der Waals surface area contributed by atoms with E-state index in [2.05, 4.69) is 30.9 Å². The van der Waals surface area contributed by atoms with Gasteiger partial charge in [0.15, 0.2) is 5.13 Å². The maximum atomic E-state index is 12.3. The second kappa shape index (κ2) is 8.33. The monoisotopic (exact) mass is 408 g/mol. The highest BCUT2D eigenvalue weighted by Crippen LogP contribution is 2.23. The van der Waals surface area contributed by atoms with Crippen molar-refractivity contribution in [3.05, 3.63) is 58.9 Å². The Morgan fingerprint density at radius 3 is 2.69 bits per heavy atom. The number of benzene rings is 1. The van der Waals surface area contributed by atoms with E-state index in [9.17, 15) is 4.79 Å². The summed E-state index contributed by atoms with van der Waals surface area (Å²) in [6.45, 7) is 1.77. The van der Waals surface area contributed by atoms with Crippen molar-refractivity contribution in [1.82, 2.24) is 20.3 Å². The second-order valence-electron chi connectivity index (χ2n) is 6.56. The minimum atomic E-state index is -0.253. The van der Waals surface area contributed by atoms with Crippen LogP contribution in [-0.2, 0) is 0 Å². The Kier molecular flexibility index (Phi) is 5.45. The minimum absolute atomic E-state index is 0.198. The molecular weight excluding hydrogens is 388 g/mol. The third-order valence-corrected chi connectivity index (χ3v) is 5.30. The zero-order valence-electron chi connectivity index (χ0n) is 15.5. The summed E-state index contributed by atoms with van der Waals surface area (Å²) in [6.07, 6.45) is 3.99. The van der Waals surface area contributed by atoms with E-state index in [-0.39, 0.29) is 23.5 Å². The van der Waals surface area contributed by atoms with E-state index in [1.807, 2.05) is 0 Å². The van der Waals surface area contributed by atoms with Gasteiger partial charge in [0, 0.05) is 35.3 Å². The van der Waals surface area contributed by atoms with Gasteiger partial charge in [-0.05, 0) is 25.1 Å². The molecule has 1 atom stereocenters. The van der Waals surface area contributed by atoms with Crippen molar-refractivity contribution < 1.29 is 4.79 Å². The summed E-state index contributed by atoms with van der Waals surface area (Å²) in [5, 5.41) is 20.3. The van der Waals surface area contributed by atoms with Crippen molar-refractivity contribution >= 4 is 39.7 Å². The normalized spacial score (nSPS) is 15.8. The van der Waals surface area contributed by atoms with Crippen LogP contribution in [0.3, 0.4) is 0 Å². The molecule has 0 aliphatic carbocycles. The molecule has 10 heteroatoms. The molecule has 1 amide bonds. The van der Waals surface area contributed by atoms with E-state index < -0.39 is 0 Å². The Bertz CT molecular complexity index is 1010. The van der Waals surface area contributed by atoms with Crippen molar-refractivity contribution in [3.63, 3.8) is 0 Å². The van der Waals surface area contributed by atoms with Gasteiger partial charge in [-0.1, -0.05) is 12.1 Å². The van der Waals surface area contributed by atoms with Gasteiger partial charge in [-0.2, -0.15) is 0 Å². The highest BCUT2D eigenvalue weighted by atomic mass is 32.1. The standard InChI is InChI=1S/C19H20N8OS/c20-15(14-16(21)24-10-25-17(14)26-13-5-6-22-9-13)11-1-3-12(4-2-11)18(28)27-19-23-7-8-29-19/h1-4,7-8,10,13,20,22H,5-6,9H2,(H,23,27,28)(H3,21,24,25,26)/t13-/m1/s1.